The first-order valence-corrected chi connectivity index (χ1v) is 11.0. The van der Waals surface area contributed by atoms with Gasteiger partial charge in [-0.15, -0.1) is 24.0 Å². The molecule has 1 saturated heterocycles. The SMILES string of the molecule is CCNC(=NCC(C)N1CCN(CC)CC1)NCC1CC(=O)Nc2ccccc21.I. The van der Waals surface area contributed by atoms with Gasteiger partial charge in [-0.25, -0.2) is 0 Å². The summed E-state index contributed by atoms with van der Waals surface area (Å²) in [6.45, 7) is 14.5. The number of piperazine rings is 1. The number of nitrogens with one attached hydrogen (secondary N) is 3. The van der Waals surface area contributed by atoms with E-state index >= 15 is 0 Å². The molecule has 0 bridgehead atoms. The third kappa shape index (κ3) is 6.81. The number of para-hydroxylation sites is 1. The van der Waals surface area contributed by atoms with Crippen molar-refractivity contribution in [3.8, 4) is 0 Å². The number of amides is 1. The monoisotopic (exact) mass is 528 g/mol. The van der Waals surface area contributed by atoms with Gasteiger partial charge in [0.15, 0.2) is 5.96 Å². The van der Waals surface area contributed by atoms with Gasteiger partial charge in [0.25, 0.3) is 0 Å². The minimum absolute atomic E-state index is 0. The van der Waals surface area contributed by atoms with E-state index in [1.165, 1.54) is 5.56 Å². The predicted octanol–water partition coefficient (Wildman–Crippen LogP) is 2.31. The predicted molar refractivity (Wildman–Crippen MR) is 135 cm³/mol. The Hall–Kier alpha value is -1.39. The normalized spacial score (nSPS) is 21.2. The number of rotatable bonds is 7. The molecule has 0 aliphatic carbocycles. The molecular formula is C22H37IN6O. The minimum atomic E-state index is 0. The number of hydrogen-bond acceptors (Lipinski definition) is 4. The van der Waals surface area contributed by atoms with Crippen LogP contribution in [0.2, 0.25) is 0 Å². The average Bonchev–Trinajstić information content (AvgIpc) is 2.75. The van der Waals surface area contributed by atoms with E-state index in [1.807, 2.05) is 18.2 Å². The number of likely N-dealkylation sites (N-methyl/N-ethyl adjacent to an activating group) is 1. The van der Waals surface area contributed by atoms with Crippen molar-refractivity contribution in [2.75, 3.05) is 57.7 Å². The number of benzene rings is 1. The molecule has 2 unspecified atom stereocenters. The summed E-state index contributed by atoms with van der Waals surface area (Å²) < 4.78 is 0. The summed E-state index contributed by atoms with van der Waals surface area (Å²) in [7, 11) is 0. The molecule has 8 heteroatoms. The van der Waals surface area contributed by atoms with Crippen molar-refractivity contribution in [1.29, 1.82) is 0 Å². The Balaban J connectivity index is 0.00000320. The lowest BCUT2D eigenvalue weighted by Crippen LogP contribution is -2.50. The van der Waals surface area contributed by atoms with Crippen LogP contribution < -0.4 is 16.0 Å². The molecule has 1 fully saturated rings. The van der Waals surface area contributed by atoms with Gasteiger partial charge in [0.1, 0.15) is 0 Å². The zero-order chi connectivity index (χ0) is 20.6. The van der Waals surface area contributed by atoms with Crippen LogP contribution in [0.25, 0.3) is 0 Å². The minimum Gasteiger partial charge on any atom is -0.357 e. The summed E-state index contributed by atoms with van der Waals surface area (Å²) in [6.07, 6.45) is 0.502. The molecule has 3 N–H and O–H groups in total. The van der Waals surface area contributed by atoms with Gasteiger partial charge in [-0.3, -0.25) is 14.7 Å². The van der Waals surface area contributed by atoms with Crippen molar-refractivity contribution in [3.63, 3.8) is 0 Å². The van der Waals surface area contributed by atoms with E-state index in [1.54, 1.807) is 0 Å². The van der Waals surface area contributed by atoms with Gasteiger partial charge < -0.3 is 20.9 Å². The number of halogens is 1. The zero-order valence-corrected chi connectivity index (χ0v) is 20.8. The molecule has 1 amide bonds. The molecule has 3 rings (SSSR count). The first kappa shape index (κ1) is 24.9. The Morgan fingerprint density at radius 2 is 1.93 bits per heavy atom. The lowest BCUT2D eigenvalue weighted by atomic mass is 9.90. The topological polar surface area (TPSA) is 72.0 Å². The number of carbonyl (C=O) groups is 1. The highest BCUT2D eigenvalue weighted by molar-refractivity contribution is 14.0. The highest BCUT2D eigenvalue weighted by Crippen LogP contribution is 2.31. The van der Waals surface area contributed by atoms with E-state index in [0.29, 0.717) is 19.0 Å². The van der Waals surface area contributed by atoms with E-state index in [2.05, 4.69) is 52.6 Å². The fourth-order valence-electron chi connectivity index (χ4n) is 4.10. The zero-order valence-electron chi connectivity index (χ0n) is 18.5. The fourth-order valence-corrected chi connectivity index (χ4v) is 4.10. The van der Waals surface area contributed by atoms with Crippen molar-refractivity contribution in [2.45, 2.75) is 39.2 Å². The molecule has 1 aromatic carbocycles. The van der Waals surface area contributed by atoms with Crippen molar-refractivity contribution >= 4 is 41.5 Å². The summed E-state index contributed by atoms with van der Waals surface area (Å²) in [6, 6.07) is 8.48. The molecule has 0 saturated carbocycles. The van der Waals surface area contributed by atoms with Crippen molar-refractivity contribution < 1.29 is 4.79 Å². The van der Waals surface area contributed by atoms with Crippen LogP contribution in [0.3, 0.4) is 0 Å². The van der Waals surface area contributed by atoms with Crippen LogP contribution in [0, 0.1) is 0 Å². The van der Waals surface area contributed by atoms with Crippen LogP contribution in [-0.4, -0.2) is 80.1 Å². The van der Waals surface area contributed by atoms with Crippen LogP contribution in [0.5, 0.6) is 0 Å². The molecule has 2 atom stereocenters. The van der Waals surface area contributed by atoms with E-state index < -0.39 is 0 Å². The highest BCUT2D eigenvalue weighted by atomic mass is 127. The van der Waals surface area contributed by atoms with E-state index in [4.69, 9.17) is 4.99 Å². The molecule has 2 aliphatic heterocycles. The van der Waals surface area contributed by atoms with Crippen LogP contribution in [-0.2, 0) is 4.79 Å². The average molecular weight is 528 g/mol. The van der Waals surface area contributed by atoms with Gasteiger partial charge in [-0.1, -0.05) is 25.1 Å². The van der Waals surface area contributed by atoms with E-state index in [-0.39, 0.29) is 35.8 Å². The van der Waals surface area contributed by atoms with Crippen molar-refractivity contribution in [3.05, 3.63) is 29.8 Å². The van der Waals surface area contributed by atoms with Crippen LogP contribution in [0.15, 0.2) is 29.3 Å². The highest BCUT2D eigenvalue weighted by Gasteiger charge is 2.25. The summed E-state index contributed by atoms with van der Waals surface area (Å²) in [4.78, 5) is 21.9. The quantitative estimate of drug-likeness (QED) is 0.288. The lowest BCUT2D eigenvalue weighted by Gasteiger charge is -2.37. The Morgan fingerprint density at radius 3 is 2.63 bits per heavy atom. The van der Waals surface area contributed by atoms with Crippen LogP contribution >= 0.6 is 24.0 Å². The van der Waals surface area contributed by atoms with Gasteiger partial charge in [0.2, 0.25) is 5.91 Å². The summed E-state index contributed by atoms with van der Waals surface area (Å²) in [5.74, 6) is 1.07. The third-order valence-corrected chi connectivity index (χ3v) is 5.96. The lowest BCUT2D eigenvalue weighted by molar-refractivity contribution is -0.116. The second kappa shape index (κ2) is 12.5. The summed E-state index contributed by atoms with van der Waals surface area (Å²) >= 11 is 0. The molecule has 2 aliphatic rings. The second-order valence-corrected chi connectivity index (χ2v) is 7.96. The number of aliphatic imine (C=N–C) groups is 1. The molecule has 168 valence electrons. The van der Waals surface area contributed by atoms with Gasteiger partial charge in [-0.2, -0.15) is 0 Å². The molecular weight excluding hydrogens is 491 g/mol. The van der Waals surface area contributed by atoms with Crippen LogP contribution in [0.1, 0.15) is 38.7 Å². The van der Waals surface area contributed by atoms with Crippen LogP contribution in [0.4, 0.5) is 5.69 Å². The van der Waals surface area contributed by atoms with Gasteiger partial charge in [0, 0.05) is 63.3 Å². The number of nitrogens with zero attached hydrogens (tertiary/aromatic N) is 3. The summed E-state index contributed by atoms with van der Waals surface area (Å²) in [5.41, 5.74) is 2.12. The Morgan fingerprint density at radius 1 is 1.20 bits per heavy atom. The molecule has 0 aromatic heterocycles. The number of guanidine groups is 1. The Bertz CT molecular complexity index is 705. The molecule has 7 nitrogen and oxygen atoms in total. The first-order valence-electron chi connectivity index (χ1n) is 11.0. The van der Waals surface area contributed by atoms with Crippen molar-refractivity contribution in [1.82, 2.24) is 20.4 Å². The number of fused-ring (bicyclic) bond motifs is 1. The molecule has 0 spiro atoms. The van der Waals surface area contributed by atoms with Gasteiger partial charge >= 0.3 is 0 Å². The number of anilines is 1. The molecule has 1 aromatic rings. The van der Waals surface area contributed by atoms with E-state index in [0.717, 1.165) is 57.5 Å². The maximum absolute atomic E-state index is 12.0. The Labute approximate surface area is 198 Å². The second-order valence-electron chi connectivity index (χ2n) is 7.96. The van der Waals surface area contributed by atoms with Gasteiger partial charge in [-0.05, 0) is 32.0 Å². The standard InChI is InChI=1S/C22H36N6O.HI/c1-4-23-22(24-15-17(3)28-12-10-27(5-2)11-13-28)25-16-18-14-21(29)26-20-9-7-6-8-19(18)20;/h6-9,17-18H,4-5,10-16H2,1-3H3,(H,26,29)(H2,23,24,25);1H. The maximum Gasteiger partial charge on any atom is 0.225 e. The van der Waals surface area contributed by atoms with Gasteiger partial charge in [0.05, 0.1) is 6.54 Å². The number of hydrogen-bond donors (Lipinski definition) is 3. The van der Waals surface area contributed by atoms with E-state index in [9.17, 15) is 4.79 Å². The first-order chi connectivity index (χ1) is 14.1. The maximum atomic E-state index is 12.0. The summed E-state index contributed by atoms with van der Waals surface area (Å²) in [5, 5.41) is 9.77. The molecule has 30 heavy (non-hydrogen) atoms. The largest absolute Gasteiger partial charge is 0.357 e. The number of carbonyl (C=O) groups excluding carboxylic acids is 1. The van der Waals surface area contributed by atoms with Crippen molar-refractivity contribution in [2.24, 2.45) is 4.99 Å². The Kier molecular flexibility index (Phi) is 10.3. The molecule has 0 radical (unpaired) electrons. The smallest absolute Gasteiger partial charge is 0.225 e. The fraction of sp³-hybridized carbons (Fsp3) is 0.636. The third-order valence-electron chi connectivity index (χ3n) is 5.96. The molecule has 2 heterocycles.